The molecule has 0 aliphatic rings. The maximum absolute atomic E-state index is 5.60. The molecular weight excluding hydrogens is 233 g/mol. The molecule has 0 aliphatic heterocycles. The molecule has 4 heteroatoms. The molecule has 82 valence electrons. The van der Waals surface area contributed by atoms with E-state index in [0.717, 1.165) is 5.69 Å². The highest BCUT2D eigenvalue weighted by molar-refractivity contribution is 6.55. The lowest BCUT2D eigenvalue weighted by molar-refractivity contribution is 0.0960. The molecule has 2 nitrogen and oxygen atoms in total. The van der Waals surface area contributed by atoms with Crippen molar-refractivity contribution in [2.24, 2.45) is 0 Å². The summed E-state index contributed by atoms with van der Waals surface area (Å²) in [5.41, 5.74) is 0.960. The van der Waals surface area contributed by atoms with Gasteiger partial charge in [0, 0.05) is 24.9 Å². The normalized spacial score (nSPS) is 12.2. The average molecular weight is 246 g/mol. The molecule has 1 aromatic rings. The molecule has 0 radical (unpaired) electrons. The van der Waals surface area contributed by atoms with Gasteiger partial charge in [0.15, 0.2) is 0 Å². The molecule has 0 saturated carbocycles. The van der Waals surface area contributed by atoms with E-state index < -0.39 is 0 Å². The number of aromatic nitrogens is 1. The van der Waals surface area contributed by atoms with Crippen LogP contribution in [0.3, 0.4) is 0 Å². The van der Waals surface area contributed by atoms with Gasteiger partial charge in [0.25, 0.3) is 0 Å². The highest BCUT2D eigenvalue weighted by atomic mass is 35.5. The van der Waals surface area contributed by atoms with Gasteiger partial charge in [-0.1, -0.05) is 29.3 Å². The Morgan fingerprint density at radius 2 is 2.33 bits per heavy atom. The average Bonchev–Trinajstić information content (AvgIpc) is 2.18. The first-order valence-corrected chi connectivity index (χ1v) is 5.52. The van der Waals surface area contributed by atoms with Crippen molar-refractivity contribution in [3.05, 3.63) is 40.7 Å². The smallest absolute Gasteiger partial charge is 0.105 e. The predicted octanol–water partition coefficient (Wildman–Crippen LogP) is 3.35. The van der Waals surface area contributed by atoms with Crippen LogP contribution < -0.4 is 0 Å². The van der Waals surface area contributed by atoms with Crippen molar-refractivity contribution in [1.82, 2.24) is 4.98 Å². The van der Waals surface area contributed by atoms with Gasteiger partial charge < -0.3 is 4.74 Å². The first-order chi connectivity index (χ1) is 7.22. The first-order valence-electron chi connectivity index (χ1n) is 4.76. The van der Waals surface area contributed by atoms with Gasteiger partial charge in [0.2, 0.25) is 0 Å². The second kappa shape index (κ2) is 6.83. The summed E-state index contributed by atoms with van der Waals surface area (Å²) in [6.07, 6.45) is 4.00. The molecule has 1 aromatic heterocycles. The van der Waals surface area contributed by atoms with Crippen molar-refractivity contribution < 1.29 is 4.74 Å². The fourth-order valence-corrected chi connectivity index (χ4v) is 1.53. The lowest BCUT2D eigenvalue weighted by Crippen LogP contribution is -2.14. The number of ether oxygens (including phenoxy) is 1. The van der Waals surface area contributed by atoms with Gasteiger partial charge in [-0.3, -0.25) is 4.98 Å². The Labute approximate surface area is 99.9 Å². The molecule has 0 amide bonds. The first kappa shape index (κ1) is 12.5. The Kier molecular flexibility index (Phi) is 5.69. The highest BCUT2D eigenvalue weighted by Crippen LogP contribution is 2.12. The van der Waals surface area contributed by atoms with E-state index in [2.05, 4.69) is 4.98 Å². The van der Waals surface area contributed by atoms with Crippen LogP contribution in [0.15, 0.2) is 35.0 Å². The summed E-state index contributed by atoms with van der Waals surface area (Å²) in [6, 6.07) is 5.77. The third kappa shape index (κ3) is 5.17. The monoisotopic (exact) mass is 245 g/mol. The maximum Gasteiger partial charge on any atom is 0.105 e. The number of pyridine rings is 1. The summed E-state index contributed by atoms with van der Waals surface area (Å²) in [7, 11) is 0. The lowest BCUT2D eigenvalue weighted by atomic mass is 10.2. The summed E-state index contributed by atoms with van der Waals surface area (Å²) in [6.45, 7) is 2.55. The van der Waals surface area contributed by atoms with Gasteiger partial charge in [-0.2, -0.15) is 0 Å². The van der Waals surface area contributed by atoms with Crippen molar-refractivity contribution in [3.63, 3.8) is 0 Å². The molecule has 0 N–H and O–H groups in total. The molecule has 0 aromatic carbocycles. The minimum atomic E-state index is -0.116. The van der Waals surface area contributed by atoms with E-state index in [4.69, 9.17) is 27.9 Å². The number of rotatable bonds is 5. The standard InChI is InChI=1S/C11H13Cl2NO/c1-2-15-10(8-11(12)13)7-9-5-3-4-6-14-9/h3-6,8,10H,2,7H2,1H3. The third-order valence-corrected chi connectivity index (χ3v) is 2.08. The van der Waals surface area contributed by atoms with Crippen LogP contribution in [0.1, 0.15) is 12.6 Å². The number of halogens is 2. The molecule has 0 aliphatic carbocycles. The Morgan fingerprint density at radius 3 is 2.87 bits per heavy atom. The molecule has 1 unspecified atom stereocenters. The summed E-state index contributed by atoms with van der Waals surface area (Å²) >= 11 is 11.2. The van der Waals surface area contributed by atoms with E-state index in [1.54, 1.807) is 12.3 Å². The van der Waals surface area contributed by atoms with Crippen molar-refractivity contribution >= 4 is 23.2 Å². The maximum atomic E-state index is 5.60. The van der Waals surface area contributed by atoms with E-state index in [-0.39, 0.29) is 10.6 Å². The van der Waals surface area contributed by atoms with Crippen LogP contribution in [0.4, 0.5) is 0 Å². The zero-order chi connectivity index (χ0) is 11.1. The van der Waals surface area contributed by atoms with Gasteiger partial charge >= 0.3 is 0 Å². The molecule has 1 atom stereocenters. The Balaban J connectivity index is 2.63. The SMILES string of the molecule is CCOC(C=C(Cl)Cl)Cc1ccccn1. The minimum Gasteiger partial charge on any atom is -0.374 e. The Morgan fingerprint density at radius 1 is 1.53 bits per heavy atom. The van der Waals surface area contributed by atoms with Crippen LogP contribution in [0.25, 0.3) is 0 Å². The Hall–Kier alpha value is -0.570. The van der Waals surface area contributed by atoms with Crippen LogP contribution >= 0.6 is 23.2 Å². The van der Waals surface area contributed by atoms with E-state index in [9.17, 15) is 0 Å². The summed E-state index contributed by atoms with van der Waals surface area (Å²) in [5.74, 6) is 0. The van der Waals surface area contributed by atoms with E-state index in [1.165, 1.54) is 0 Å². The van der Waals surface area contributed by atoms with Gasteiger partial charge in [0.1, 0.15) is 4.49 Å². The van der Waals surface area contributed by atoms with Gasteiger partial charge in [0.05, 0.1) is 6.10 Å². The van der Waals surface area contributed by atoms with Gasteiger partial charge in [-0.25, -0.2) is 0 Å². The van der Waals surface area contributed by atoms with E-state index in [0.29, 0.717) is 13.0 Å². The molecule has 0 bridgehead atoms. The molecule has 0 saturated heterocycles. The number of hydrogen-bond acceptors (Lipinski definition) is 2. The van der Waals surface area contributed by atoms with E-state index >= 15 is 0 Å². The minimum absolute atomic E-state index is 0.116. The van der Waals surface area contributed by atoms with Crippen molar-refractivity contribution in [2.45, 2.75) is 19.4 Å². The fraction of sp³-hybridized carbons (Fsp3) is 0.364. The van der Waals surface area contributed by atoms with Crippen LogP contribution in [-0.2, 0) is 11.2 Å². The van der Waals surface area contributed by atoms with Gasteiger partial charge in [-0.15, -0.1) is 0 Å². The van der Waals surface area contributed by atoms with Crippen molar-refractivity contribution in [1.29, 1.82) is 0 Å². The molecule has 1 heterocycles. The largest absolute Gasteiger partial charge is 0.374 e. The molecule has 0 spiro atoms. The zero-order valence-electron chi connectivity index (χ0n) is 8.49. The topological polar surface area (TPSA) is 22.1 Å². The quantitative estimate of drug-likeness (QED) is 0.794. The van der Waals surface area contributed by atoms with Crippen molar-refractivity contribution in [2.75, 3.05) is 6.61 Å². The van der Waals surface area contributed by atoms with Gasteiger partial charge in [-0.05, 0) is 25.1 Å². The summed E-state index contributed by atoms with van der Waals surface area (Å²) in [5, 5.41) is 0. The van der Waals surface area contributed by atoms with E-state index in [1.807, 2.05) is 25.1 Å². The molecule has 0 fully saturated rings. The van der Waals surface area contributed by atoms with Crippen molar-refractivity contribution in [3.8, 4) is 0 Å². The summed E-state index contributed by atoms with van der Waals surface area (Å²) in [4.78, 5) is 4.21. The molecular formula is C11H13Cl2NO. The highest BCUT2D eigenvalue weighted by Gasteiger charge is 2.07. The zero-order valence-corrected chi connectivity index (χ0v) is 10.0. The number of nitrogens with zero attached hydrogens (tertiary/aromatic N) is 1. The second-order valence-corrected chi connectivity index (χ2v) is 3.98. The molecule has 15 heavy (non-hydrogen) atoms. The third-order valence-electron chi connectivity index (χ3n) is 1.83. The summed E-state index contributed by atoms with van der Waals surface area (Å²) < 4.78 is 5.70. The van der Waals surface area contributed by atoms with Crippen LogP contribution in [0.5, 0.6) is 0 Å². The number of hydrogen-bond donors (Lipinski definition) is 0. The fourth-order valence-electron chi connectivity index (χ4n) is 1.25. The second-order valence-electron chi connectivity index (χ2n) is 2.98. The van der Waals surface area contributed by atoms with Crippen LogP contribution in [0, 0.1) is 0 Å². The van der Waals surface area contributed by atoms with Crippen LogP contribution in [0.2, 0.25) is 0 Å². The van der Waals surface area contributed by atoms with Crippen LogP contribution in [-0.4, -0.2) is 17.7 Å². The Bertz CT molecular complexity index is 310. The lowest BCUT2D eigenvalue weighted by Gasteiger charge is -2.12. The predicted molar refractivity (Wildman–Crippen MR) is 63.1 cm³/mol. The molecule has 1 rings (SSSR count).